The van der Waals surface area contributed by atoms with E-state index in [1.165, 1.54) is 18.7 Å². The number of benzene rings is 1. The van der Waals surface area contributed by atoms with Gasteiger partial charge in [-0.2, -0.15) is 0 Å². The molecule has 0 aliphatic carbocycles. The topological polar surface area (TPSA) is 55.4 Å². The number of ether oxygens (including phenoxy) is 1. The number of methoxy groups -OCH3 is 1. The molecule has 1 rings (SSSR count). The maximum Gasteiger partial charge on any atom is 0.328 e. The van der Waals surface area contributed by atoms with E-state index >= 15 is 0 Å². The first-order chi connectivity index (χ1) is 14.3. The summed E-state index contributed by atoms with van der Waals surface area (Å²) < 4.78 is 5.00. The Balaban J connectivity index is 2.85. The van der Waals surface area contributed by atoms with Gasteiger partial charge in [0.25, 0.3) is 0 Å². The van der Waals surface area contributed by atoms with Gasteiger partial charge < -0.3 is 10.1 Å². The molecule has 0 fully saturated rings. The third-order valence-electron chi connectivity index (χ3n) is 7.35. The Morgan fingerprint density at radius 3 is 2.13 bits per heavy atom. The van der Waals surface area contributed by atoms with Crippen LogP contribution in [0.25, 0.3) is 0 Å². The van der Waals surface area contributed by atoms with Gasteiger partial charge in [-0.25, -0.2) is 4.79 Å². The van der Waals surface area contributed by atoms with Crippen LogP contribution in [0.4, 0.5) is 0 Å². The molecule has 176 valence electrons. The second-order valence-electron chi connectivity index (χ2n) is 10.6. The van der Waals surface area contributed by atoms with E-state index in [0.717, 1.165) is 24.8 Å². The maximum absolute atomic E-state index is 12.5. The van der Waals surface area contributed by atoms with Crippen molar-refractivity contribution in [1.29, 1.82) is 0 Å². The maximum atomic E-state index is 12.5. The third-order valence-corrected chi connectivity index (χ3v) is 12.9. The number of rotatable bonds is 11. The van der Waals surface area contributed by atoms with Gasteiger partial charge in [0, 0.05) is 12.3 Å². The molecule has 4 nitrogen and oxygen atoms in total. The molecule has 0 aromatic heterocycles. The van der Waals surface area contributed by atoms with Crippen LogP contribution in [-0.2, 0) is 14.3 Å². The van der Waals surface area contributed by atoms with Crippen molar-refractivity contribution in [2.45, 2.75) is 104 Å². The van der Waals surface area contributed by atoms with Crippen molar-refractivity contribution >= 4 is 25.1 Å². The minimum absolute atomic E-state index is 0.0794. The van der Waals surface area contributed by atoms with Crippen LogP contribution in [0.5, 0.6) is 0 Å². The molecule has 0 saturated heterocycles. The minimum Gasteiger partial charge on any atom is -0.467 e. The number of amides is 1. The summed E-state index contributed by atoms with van der Waals surface area (Å²) in [6.07, 6.45) is 4.64. The lowest BCUT2D eigenvalue weighted by molar-refractivity contribution is -0.145. The van der Waals surface area contributed by atoms with Crippen molar-refractivity contribution in [2.75, 3.05) is 7.11 Å². The number of esters is 1. The molecular formula is C26H45NO3Si. The zero-order chi connectivity index (χ0) is 23.8. The van der Waals surface area contributed by atoms with Crippen LogP contribution in [0.1, 0.15) is 85.1 Å². The molecule has 1 N–H and O–H groups in total. The lowest BCUT2D eigenvalue weighted by Gasteiger charge is -2.37. The lowest BCUT2D eigenvalue weighted by Crippen LogP contribution is -2.49. The zero-order valence-corrected chi connectivity index (χ0v) is 22.3. The summed E-state index contributed by atoms with van der Waals surface area (Å²) in [4.78, 5) is 25.0. The molecule has 31 heavy (non-hydrogen) atoms. The van der Waals surface area contributed by atoms with Gasteiger partial charge in [0.15, 0.2) is 0 Å². The van der Waals surface area contributed by atoms with Crippen LogP contribution in [-0.4, -0.2) is 33.1 Å². The van der Waals surface area contributed by atoms with Crippen LogP contribution in [0.2, 0.25) is 18.1 Å². The predicted molar refractivity (Wildman–Crippen MR) is 134 cm³/mol. The van der Waals surface area contributed by atoms with E-state index in [1.54, 1.807) is 0 Å². The Morgan fingerprint density at radius 2 is 1.65 bits per heavy atom. The summed E-state index contributed by atoms with van der Waals surface area (Å²) >= 11 is 0. The van der Waals surface area contributed by atoms with E-state index in [0.29, 0.717) is 12.3 Å². The number of carbonyl (C=O) groups excluding carboxylic acids is 2. The molecule has 5 heteroatoms. The highest BCUT2D eigenvalue weighted by Crippen LogP contribution is 2.35. The summed E-state index contributed by atoms with van der Waals surface area (Å²) in [5.41, 5.74) is 1.04. The molecular weight excluding hydrogens is 402 g/mol. The smallest absolute Gasteiger partial charge is 0.328 e. The standard InChI is InChI=1S/C26H45NO3Si/c1-10-19(2)13-11-12-14-23(28)27-24(25(29)30-7)20(3)21-15-17-22(18-16-21)31(8,9)26(4,5)6/h15-20,24H,10-14H2,1-9H3,(H,27,28)/t19?,20?,24-/m0/s1. The number of carbonyl (C=O) groups is 2. The fourth-order valence-corrected chi connectivity index (χ4v) is 5.44. The predicted octanol–water partition coefficient (Wildman–Crippen LogP) is 5.77. The summed E-state index contributed by atoms with van der Waals surface area (Å²) in [6, 6.07) is 7.94. The molecule has 3 atom stereocenters. The third kappa shape index (κ3) is 7.78. The number of unbranched alkanes of at least 4 members (excludes halogenated alkanes) is 1. The van der Waals surface area contributed by atoms with E-state index in [2.05, 4.69) is 77.3 Å². The Hall–Kier alpha value is -1.62. The van der Waals surface area contributed by atoms with Gasteiger partial charge in [0.2, 0.25) is 5.91 Å². The Morgan fingerprint density at radius 1 is 1.06 bits per heavy atom. The SMILES string of the molecule is CCC(C)CCCCC(=O)N[C@H](C(=O)OC)C(C)c1ccc([Si](C)(C)C(C)(C)C)cc1. The average Bonchev–Trinajstić information content (AvgIpc) is 2.73. The Bertz CT molecular complexity index is 706. The molecule has 0 saturated carbocycles. The molecule has 0 bridgehead atoms. The summed E-state index contributed by atoms with van der Waals surface area (Å²) in [7, 11) is -0.236. The largest absolute Gasteiger partial charge is 0.467 e. The fourth-order valence-electron chi connectivity index (χ4n) is 3.57. The van der Waals surface area contributed by atoms with Gasteiger partial charge in [-0.05, 0) is 22.9 Å². The van der Waals surface area contributed by atoms with Gasteiger partial charge >= 0.3 is 5.97 Å². The van der Waals surface area contributed by atoms with E-state index < -0.39 is 20.1 Å². The highest BCUT2D eigenvalue weighted by atomic mass is 28.3. The van der Waals surface area contributed by atoms with E-state index in [9.17, 15) is 9.59 Å². The van der Waals surface area contributed by atoms with Crippen LogP contribution in [0, 0.1) is 5.92 Å². The van der Waals surface area contributed by atoms with Crippen molar-refractivity contribution in [3.8, 4) is 0 Å². The molecule has 1 aromatic rings. The van der Waals surface area contributed by atoms with E-state index in [4.69, 9.17) is 4.74 Å². The summed E-state index contributed by atoms with van der Waals surface area (Å²) in [5, 5.41) is 4.59. The molecule has 0 aliphatic rings. The fraction of sp³-hybridized carbons (Fsp3) is 0.692. The summed E-state index contributed by atoms with van der Waals surface area (Å²) in [5.74, 6) is 0.0587. The van der Waals surface area contributed by atoms with Gasteiger partial charge in [-0.3, -0.25) is 4.79 Å². The first kappa shape index (κ1) is 27.4. The van der Waals surface area contributed by atoms with Crippen molar-refractivity contribution in [3.05, 3.63) is 29.8 Å². The lowest BCUT2D eigenvalue weighted by atomic mass is 9.93. The van der Waals surface area contributed by atoms with E-state index in [-0.39, 0.29) is 16.9 Å². The molecule has 0 spiro atoms. The molecule has 0 heterocycles. The van der Waals surface area contributed by atoms with Crippen molar-refractivity contribution < 1.29 is 14.3 Å². The van der Waals surface area contributed by atoms with Crippen molar-refractivity contribution in [2.24, 2.45) is 5.92 Å². The van der Waals surface area contributed by atoms with Gasteiger partial charge in [0.05, 0.1) is 15.2 Å². The first-order valence-electron chi connectivity index (χ1n) is 11.8. The molecule has 0 aliphatic heterocycles. The minimum atomic E-state index is -1.61. The molecule has 0 radical (unpaired) electrons. The van der Waals surface area contributed by atoms with Crippen molar-refractivity contribution in [1.82, 2.24) is 5.32 Å². The quantitative estimate of drug-likeness (QED) is 0.266. The second kappa shape index (κ2) is 11.8. The Labute approximate surface area is 191 Å². The van der Waals surface area contributed by atoms with Crippen LogP contribution < -0.4 is 10.5 Å². The number of hydrogen-bond donors (Lipinski definition) is 1. The Kier molecular flexibility index (Phi) is 10.5. The number of hydrogen-bond acceptors (Lipinski definition) is 3. The average molecular weight is 448 g/mol. The normalized spacial score (nSPS) is 15.1. The zero-order valence-electron chi connectivity index (χ0n) is 21.3. The van der Waals surface area contributed by atoms with Crippen molar-refractivity contribution in [3.63, 3.8) is 0 Å². The molecule has 2 unspecified atom stereocenters. The van der Waals surface area contributed by atoms with Gasteiger partial charge in [-0.15, -0.1) is 0 Å². The van der Waals surface area contributed by atoms with Gasteiger partial charge in [-0.1, -0.05) is 103 Å². The van der Waals surface area contributed by atoms with Crippen LogP contribution >= 0.6 is 0 Å². The molecule has 1 aromatic carbocycles. The monoisotopic (exact) mass is 447 g/mol. The van der Waals surface area contributed by atoms with Crippen LogP contribution in [0.3, 0.4) is 0 Å². The highest BCUT2D eigenvalue weighted by molar-refractivity contribution is 6.92. The summed E-state index contributed by atoms with van der Waals surface area (Å²) in [6.45, 7) is 18.1. The highest BCUT2D eigenvalue weighted by Gasteiger charge is 2.37. The van der Waals surface area contributed by atoms with Gasteiger partial charge in [0.1, 0.15) is 6.04 Å². The number of nitrogens with one attached hydrogen (secondary N) is 1. The van der Waals surface area contributed by atoms with Crippen LogP contribution in [0.15, 0.2) is 24.3 Å². The van der Waals surface area contributed by atoms with E-state index in [1.807, 2.05) is 6.92 Å². The molecule has 1 amide bonds. The first-order valence-corrected chi connectivity index (χ1v) is 14.8. The second-order valence-corrected chi connectivity index (χ2v) is 15.9.